The number of rotatable bonds is 20. The fraction of sp³-hybridized carbons (Fsp3) is 0.952. The largest absolute Gasteiger partial charge is 0.355 e. The molecule has 28 heavy (non-hydrogen) atoms. The van der Waals surface area contributed by atoms with Crippen LogP contribution in [-0.2, 0) is 19.1 Å². The van der Waals surface area contributed by atoms with Gasteiger partial charge in [-0.3, -0.25) is 8.98 Å². The predicted molar refractivity (Wildman–Crippen MR) is 119 cm³/mol. The van der Waals surface area contributed by atoms with Gasteiger partial charge < -0.3 is 5.32 Å². The monoisotopic (exact) mass is 428 g/mol. The zero-order valence-corrected chi connectivity index (χ0v) is 21.6. The molecule has 0 aromatic rings. The molecular weight excluding hydrogens is 385 g/mol. The molecule has 5 nitrogen and oxygen atoms in total. The summed E-state index contributed by atoms with van der Waals surface area (Å²) in [7, 11) is -2.35. The van der Waals surface area contributed by atoms with Crippen molar-refractivity contribution in [2.75, 3.05) is 19.4 Å². The van der Waals surface area contributed by atoms with E-state index >= 15 is 0 Å². The molecule has 1 radical (unpaired) electrons. The molecule has 0 aliphatic carbocycles. The van der Waals surface area contributed by atoms with Crippen LogP contribution in [0.25, 0.3) is 0 Å². The van der Waals surface area contributed by atoms with E-state index in [1.807, 2.05) is 0 Å². The first kappa shape index (κ1) is 30.6. The molecule has 0 saturated carbocycles. The van der Waals surface area contributed by atoms with Crippen LogP contribution in [0.2, 0.25) is 0 Å². The van der Waals surface area contributed by atoms with E-state index in [-0.39, 0.29) is 47.8 Å². The smallest absolute Gasteiger partial charge is 0.268 e. The van der Waals surface area contributed by atoms with Crippen LogP contribution in [0.15, 0.2) is 0 Å². The van der Waals surface area contributed by atoms with Gasteiger partial charge in [-0.1, -0.05) is 96.8 Å². The number of carbonyl (C=O) groups is 1. The van der Waals surface area contributed by atoms with Crippen LogP contribution in [-0.4, -0.2) is 63.3 Å². The zero-order valence-electron chi connectivity index (χ0n) is 18.8. The van der Waals surface area contributed by atoms with E-state index in [9.17, 15) is 13.2 Å². The SMILES string of the molecule is CCCCCCCCCCCCCCCCCC(=O)NCCS(=O)(=O)OC.[Na]. The number of carbonyl (C=O) groups excluding carboxylic acids is 1. The quantitative estimate of drug-likeness (QED) is 0.169. The van der Waals surface area contributed by atoms with E-state index < -0.39 is 10.1 Å². The fourth-order valence-corrected chi connectivity index (χ4v) is 3.66. The maximum absolute atomic E-state index is 11.6. The Hall–Kier alpha value is 0.380. The number of amides is 1. The average molecular weight is 429 g/mol. The van der Waals surface area contributed by atoms with Gasteiger partial charge in [0, 0.05) is 42.5 Å². The van der Waals surface area contributed by atoms with Crippen LogP contribution in [0.4, 0.5) is 0 Å². The molecule has 0 spiro atoms. The first-order valence-electron chi connectivity index (χ1n) is 11.1. The summed E-state index contributed by atoms with van der Waals surface area (Å²) in [5.41, 5.74) is 0. The first-order chi connectivity index (χ1) is 13.0. The van der Waals surface area contributed by atoms with Crippen molar-refractivity contribution in [2.24, 2.45) is 0 Å². The van der Waals surface area contributed by atoms with Gasteiger partial charge in [-0.2, -0.15) is 8.42 Å². The molecule has 0 bridgehead atoms. The van der Waals surface area contributed by atoms with E-state index in [0.29, 0.717) is 6.42 Å². The van der Waals surface area contributed by atoms with E-state index in [0.717, 1.165) is 20.0 Å². The molecule has 1 N–H and O–H groups in total. The Morgan fingerprint density at radius 2 is 1.14 bits per heavy atom. The molecule has 0 aliphatic rings. The van der Waals surface area contributed by atoms with Crippen molar-refractivity contribution in [3.63, 3.8) is 0 Å². The van der Waals surface area contributed by atoms with Crippen molar-refractivity contribution in [3.05, 3.63) is 0 Å². The van der Waals surface area contributed by atoms with Crippen molar-refractivity contribution in [3.8, 4) is 0 Å². The van der Waals surface area contributed by atoms with Gasteiger partial charge in [-0.05, 0) is 6.42 Å². The van der Waals surface area contributed by atoms with Crippen molar-refractivity contribution in [1.82, 2.24) is 5.32 Å². The van der Waals surface area contributed by atoms with Gasteiger partial charge in [0.1, 0.15) is 0 Å². The first-order valence-corrected chi connectivity index (χ1v) is 12.6. The Morgan fingerprint density at radius 1 is 0.750 bits per heavy atom. The van der Waals surface area contributed by atoms with Gasteiger partial charge in [0.25, 0.3) is 10.1 Å². The van der Waals surface area contributed by atoms with Gasteiger partial charge in [-0.25, -0.2) is 0 Å². The van der Waals surface area contributed by atoms with Crippen LogP contribution in [0.5, 0.6) is 0 Å². The zero-order chi connectivity index (χ0) is 20.2. The minimum Gasteiger partial charge on any atom is -0.355 e. The van der Waals surface area contributed by atoms with Crippen LogP contribution in [0.1, 0.15) is 110 Å². The number of hydrogen-bond acceptors (Lipinski definition) is 4. The molecular formula is C21H43NNaO4S. The second-order valence-corrected chi connectivity index (χ2v) is 9.34. The van der Waals surface area contributed by atoms with Crippen molar-refractivity contribution in [2.45, 2.75) is 110 Å². The third-order valence-corrected chi connectivity index (χ3v) is 6.15. The van der Waals surface area contributed by atoms with Gasteiger partial charge in [0.15, 0.2) is 0 Å². The molecule has 1 amide bonds. The van der Waals surface area contributed by atoms with Gasteiger partial charge in [0.05, 0.1) is 12.9 Å². The normalized spacial score (nSPS) is 11.2. The fourth-order valence-electron chi connectivity index (χ4n) is 3.14. The maximum atomic E-state index is 11.6. The molecule has 0 atom stereocenters. The summed E-state index contributed by atoms with van der Waals surface area (Å²) >= 11 is 0. The van der Waals surface area contributed by atoms with Crippen LogP contribution < -0.4 is 5.32 Å². The molecule has 0 fully saturated rings. The maximum Gasteiger partial charge on any atom is 0.268 e. The summed E-state index contributed by atoms with van der Waals surface area (Å²) in [4.78, 5) is 11.6. The molecule has 0 unspecified atom stereocenters. The van der Waals surface area contributed by atoms with Crippen LogP contribution in [0, 0.1) is 0 Å². The second kappa shape index (κ2) is 22.1. The summed E-state index contributed by atoms with van der Waals surface area (Å²) in [6.07, 6.45) is 20.0. The molecule has 0 rings (SSSR count). The summed E-state index contributed by atoms with van der Waals surface area (Å²) in [6, 6.07) is 0. The Balaban J connectivity index is 0. The van der Waals surface area contributed by atoms with Crippen LogP contribution in [0.3, 0.4) is 0 Å². The summed E-state index contributed by atoms with van der Waals surface area (Å²) < 4.78 is 26.6. The van der Waals surface area contributed by atoms with Crippen molar-refractivity contribution >= 4 is 45.6 Å². The Labute approximate surface area is 196 Å². The average Bonchev–Trinajstić information content (AvgIpc) is 2.64. The number of hydrogen-bond donors (Lipinski definition) is 1. The third-order valence-electron chi connectivity index (χ3n) is 4.94. The Bertz CT molecular complexity index is 444. The topological polar surface area (TPSA) is 72.5 Å². The van der Waals surface area contributed by atoms with E-state index in [2.05, 4.69) is 16.4 Å². The molecule has 0 aliphatic heterocycles. The molecule has 0 heterocycles. The molecule has 0 aromatic heterocycles. The number of nitrogens with one attached hydrogen (secondary N) is 1. The number of unbranched alkanes of at least 4 members (excludes halogenated alkanes) is 14. The van der Waals surface area contributed by atoms with Crippen LogP contribution >= 0.6 is 0 Å². The van der Waals surface area contributed by atoms with Crippen molar-refractivity contribution in [1.29, 1.82) is 0 Å². The minimum absolute atomic E-state index is 0. The van der Waals surface area contributed by atoms with E-state index in [4.69, 9.17) is 0 Å². The van der Waals surface area contributed by atoms with E-state index in [1.165, 1.54) is 83.5 Å². The Kier molecular flexibility index (Phi) is 24.1. The van der Waals surface area contributed by atoms with Gasteiger partial charge in [-0.15, -0.1) is 0 Å². The summed E-state index contributed by atoms with van der Waals surface area (Å²) in [6.45, 7) is 2.38. The second-order valence-electron chi connectivity index (χ2n) is 7.48. The molecule has 0 saturated heterocycles. The Morgan fingerprint density at radius 3 is 1.54 bits per heavy atom. The minimum atomic E-state index is -3.48. The predicted octanol–water partition coefficient (Wildman–Crippen LogP) is 4.96. The third kappa shape index (κ3) is 22.7. The standard InChI is InChI=1S/C21H43NO4S.Na/c1-3-4-5-6-7-8-9-10-11-12-13-14-15-16-17-18-21(23)22-19-20-27(24,25)26-2;/h3-20H2,1-2H3,(H,22,23);. The molecule has 7 heteroatoms. The van der Waals surface area contributed by atoms with E-state index in [1.54, 1.807) is 0 Å². The molecule has 0 aromatic carbocycles. The molecule has 163 valence electrons. The summed E-state index contributed by atoms with van der Waals surface area (Å²) in [5.74, 6) is -0.246. The summed E-state index contributed by atoms with van der Waals surface area (Å²) in [5, 5.41) is 2.62. The van der Waals surface area contributed by atoms with Gasteiger partial charge in [0.2, 0.25) is 5.91 Å². The van der Waals surface area contributed by atoms with Crippen molar-refractivity contribution < 1.29 is 17.4 Å². The van der Waals surface area contributed by atoms with Gasteiger partial charge >= 0.3 is 0 Å².